The van der Waals surface area contributed by atoms with Gasteiger partial charge in [-0.05, 0) is 52.7 Å². The molecule has 38 heavy (non-hydrogen) atoms. The molecule has 0 saturated heterocycles. The average Bonchev–Trinajstić information content (AvgIpc) is 3.37. The van der Waals surface area contributed by atoms with E-state index in [0.717, 1.165) is 22.1 Å². The number of carbonyl (C=O) groups excluding carboxylic acids is 1. The van der Waals surface area contributed by atoms with E-state index in [1.165, 1.54) is 23.9 Å². The van der Waals surface area contributed by atoms with Gasteiger partial charge >= 0.3 is 0 Å². The summed E-state index contributed by atoms with van der Waals surface area (Å²) in [6, 6.07) is 27.3. The lowest BCUT2D eigenvalue weighted by molar-refractivity contribution is -0.384. The number of hydrogen-bond acceptors (Lipinski definition) is 7. The summed E-state index contributed by atoms with van der Waals surface area (Å²) in [5, 5.41) is 25.4. The number of nitrogens with zero attached hydrogens (tertiary/aromatic N) is 4. The molecule has 0 radical (unpaired) electrons. The van der Waals surface area contributed by atoms with Crippen molar-refractivity contribution in [2.45, 2.75) is 17.5 Å². The van der Waals surface area contributed by atoms with Crippen molar-refractivity contribution in [2.75, 3.05) is 7.11 Å². The van der Waals surface area contributed by atoms with E-state index in [1.54, 1.807) is 29.9 Å². The van der Waals surface area contributed by atoms with E-state index in [1.807, 2.05) is 60.7 Å². The third-order valence-electron chi connectivity index (χ3n) is 5.94. The lowest BCUT2D eigenvalue weighted by Gasteiger charge is -2.11. The van der Waals surface area contributed by atoms with Gasteiger partial charge in [0, 0.05) is 29.1 Å². The molecule has 5 aromatic rings. The van der Waals surface area contributed by atoms with E-state index in [9.17, 15) is 14.9 Å². The number of hydrogen-bond donors (Lipinski definition) is 1. The monoisotopic (exact) mass is 525 g/mol. The zero-order valence-corrected chi connectivity index (χ0v) is 21.2. The standard InChI is InChI=1S/C28H23N5O4S/c1-37-25-8-4-5-19(15-25)18-38-28-31-30-26(32(28)23-11-13-24(14-12-23)33(35)36)17-29-27(34)22-10-9-20-6-2-3-7-21(20)16-22/h2-16H,17-18H2,1H3,(H,29,34). The largest absolute Gasteiger partial charge is 0.497 e. The van der Waals surface area contributed by atoms with E-state index < -0.39 is 4.92 Å². The Balaban J connectivity index is 1.39. The van der Waals surface area contributed by atoms with Crippen LogP contribution < -0.4 is 10.1 Å². The molecule has 1 amide bonds. The van der Waals surface area contributed by atoms with Gasteiger partial charge in [0.15, 0.2) is 11.0 Å². The molecule has 0 unspecified atom stereocenters. The number of amides is 1. The number of rotatable bonds is 9. The molecule has 1 N–H and O–H groups in total. The highest BCUT2D eigenvalue weighted by Crippen LogP contribution is 2.27. The average molecular weight is 526 g/mol. The van der Waals surface area contributed by atoms with E-state index in [0.29, 0.717) is 28.0 Å². The number of carbonyl (C=O) groups is 1. The number of benzene rings is 4. The first-order valence-electron chi connectivity index (χ1n) is 11.7. The molecule has 0 spiro atoms. The lowest BCUT2D eigenvalue weighted by Crippen LogP contribution is -2.24. The van der Waals surface area contributed by atoms with Crippen LogP contribution in [0.2, 0.25) is 0 Å². The minimum absolute atomic E-state index is 0.0152. The Bertz CT molecular complexity index is 1620. The van der Waals surface area contributed by atoms with Crippen LogP contribution in [0, 0.1) is 10.1 Å². The lowest BCUT2D eigenvalue weighted by atomic mass is 10.1. The molecule has 1 heterocycles. The summed E-state index contributed by atoms with van der Waals surface area (Å²) in [6.07, 6.45) is 0. The molecule has 190 valence electrons. The molecule has 0 aliphatic carbocycles. The first-order chi connectivity index (χ1) is 18.5. The molecule has 0 aliphatic heterocycles. The first-order valence-corrected chi connectivity index (χ1v) is 12.7. The summed E-state index contributed by atoms with van der Waals surface area (Å²) >= 11 is 1.46. The van der Waals surface area contributed by atoms with Gasteiger partial charge in [0.05, 0.1) is 18.6 Å². The Morgan fingerprint density at radius 1 is 0.974 bits per heavy atom. The molecule has 0 aliphatic rings. The van der Waals surface area contributed by atoms with Gasteiger partial charge in [-0.25, -0.2) is 0 Å². The molecular formula is C28H23N5O4S. The fourth-order valence-corrected chi connectivity index (χ4v) is 4.91. The van der Waals surface area contributed by atoms with Gasteiger partial charge in [-0.15, -0.1) is 10.2 Å². The van der Waals surface area contributed by atoms with Crippen molar-refractivity contribution in [1.29, 1.82) is 0 Å². The maximum atomic E-state index is 12.9. The minimum atomic E-state index is -0.445. The molecular weight excluding hydrogens is 502 g/mol. The summed E-state index contributed by atoms with van der Waals surface area (Å²) in [6.45, 7) is 0.120. The van der Waals surface area contributed by atoms with Crippen LogP contribution in [0.1, 0.15) is 21.7 Å². The van der Waals surface area contributed by atoms with Crippen LogP contribution >= 0.6 is 11.8 Å². The van der Waals surface area contributed by atoms with Gasteiger partial charge in [0.2, 0.25) is 0 Å². The van der Waals surface area contributed by atoms with Crippen molar-refractivity contribution in [3.8, 4) is 11.4 Å². The number of ether oxygens (including phenoxy) is 1. The smallest absolute Gasteiger partial charge is 0.269 e. The number of fused-ring (bicyclic) bond motifs is 1. The maximum Gasteiger partial charge on any atom is 0.269 e. The quantitative estimate of drug-likeness (QED) is 0.152. The number of nitro groups is 1. The Morgan fingerprint density at radius 3 is 2.53 bits per heavy atom. The van der Waals surface area contributed by atoms with Crippen LogP contribution in [-0.2, 0) is 12.3 Å². The summed E-state index contributed by atoms with van der Waals surface area (Å²) in [5.41, 5.74) is 2.22. The van der Waals surface area contributed by atoms with E-state index in [4.69, 9.17) is 4.74 Å². The topological polar surface area (TPSA) is 112 Å². The summed E-state index contributed by atoms with van der Waals surface area (Å²) < 4.78 is 7.11. The fraction of sp³-hybridized carbons (Fsp3) is 0.107. The molecule has 4 aromatic carbocycles. The Hall–Kier alpha value is -4.70. The van der Waals surface area contributed by atoms with Crippen molar-refractivity contribution in [3.63, 3.8) is 0 Å². The predicted octanol–water partition coefficient (Wildman–Crippen LogP) is 5.56. The second-order valence-electron chi connectivity index (χ2n) is 8.39. The molecule has 10 heteroatoms. The third-order valence-corrected chi connectivity index (χ3v) is 6.94. The Labute approximate surface area is 222 Å². The van der Waals surface area contributed by atoms with Crippen molar-refractivity contribution < 1.29 is 14.5 Å². The maximum absolute atomic E-state index is 12.9. The van der Waals surface area contributed by atoms with Gasteiger partial charge in [-0.2, -0.15) is 0 Å². The molecule has 1 aromatic heterocycles. The Morgan fingerprint density at radius 2 is 1.76 bits per heavy atom. The van der Waals surface area contributed by atoms with Crippen molar-refractivity contribution in [3.05, 3.63) is 118 Å². The molecule has 0 atom stereocenters. The van der Waals surface area contributed by atoms with Crippen molar-refractivity contribution in [1.82, 2.24) is 20.1 Å². The van der Waals surface area contributed by atoms with Gasteiger partial charge in [0.25, 0.3) is 11.6 Å². The van der Waals surface area contributed by atoms with Crippen LogP contribution in [0.15, 0.2) is 96.2 Å². The summed E-state index contributed by atoms with van der Waals surface area (Å²) in [7, 11) is 1.62. The number of nitrogens with one attached hydrogen (secondary N) is 1. The first kappa shape index (κ1) is 25.0. The highest BCUT2D eigenvalue weighted by molar-refractivity contribution is 7.98. The van der Waals surface area contributed by atoms with Crippen molar-refractivity contribution >= 4 is 34.1 Å². The number of methoxy groups -OCH3 is 1. The SMILES string of the molecule is COc1cccc(CSc2nnc(CNC(=O)c3ccc4ccccc4c3)n2-c2ccc([N+](=O)[O-])cc2)c1. The zero-order valence-electron chi connectivity index (χ0n) is 20.4. The van der Waals surface area contributed by atoms with E-state index in [-0.39, 0.29) is 18.1 Å². The predicted molar refractivity (Wildman–Crippen MR) is 146 cm³/mol. The van der Waals surface area contributed by atoms with Gasteiger partial charge in [0.1, 0.15) is 5.75 Å². The minimum Gasteiger partial charge on any atom is -0.497 e. The number of nitro benzene ring substituents is 1. The van der Waals surface area contributed by atoms with E-state index in [2.05, 4.69) is 15.5 Å². The van der Waals surface area contributed by atoms with Gasteiger partial charge in [-0.1, -0.05) is 54.2 Å². The molecule has 0 bridgehead atoms. The highest BCUT2D eigenvalue weighted by atomic mass is 32.2. The zero-order chi connectivity index (χ0) is 26.5. The Kier molecular flexibility index (Phi) is 7.32. The van der Waals surface area contributed by atoms with Gasteiger partial charge < -0.3 is 10.1 Å². The number of thioether (sulfide) groups is 1. The van der Waals surface area contributed by atoms with Crippen LogP contribution in [0.3, 0.4) is 0 Å². The van der Waals surface area contributed by atoms with Crippen LogP contribution in [0.4, 0.5) is 5.69 Å². The molecule has 0 fully saturated rings. The van der Waals surface area contributed by atoms with Crippen LogP contribution in [0.25, 0.3) is 16.5 Å². The molecule has 5 rings (SSSR count). The highest BCUT2D eigenvalue weighted by Gasteiger charge is 2.17. The third kappa shape index (κ3) is 5.50. The number of aromatic nitrogens is 3. The van der Waals surface area contributed by atoms with E-state index >= 15 is 0 Å². The second kappa shape index (κ2) is 11.1. The molecule has 0 saturated carbocycles. The van der Waals surface area contributed by atoms with Crippen LogP contribution in [0.5, 0.6) is 5.75 Å². The number of non-ortho nitro benzene ring substituents is 1. The fourth-order valence-electron chi connectivity index (χ4n) is 3.99. The summed E-state index contributed by atoms with van der Waals surface area (Å²) in [4.78, 5) is 23.7. The second-order valence-corrected chi connectivity index (χ2v) is 9.34. The molecule has 9 nitrogen and oxygen atoms in total. The van der Waals surface area contributed by atoms with Crippen molar-refractivity contribution in [2.24, 2.45) is 0 Å². The van der Waals surface area contributed by atoms with Gasteiger partial charge in [-0.3, -0.25) is 19.5 Å². The van der Waals surface area contributed by atoms with Crippen LogP contribution in [-0.4, -0.2) is 32.7 Å². The normalized spacial score (nSPS) is 10.9. The summed E-state index contributed by atoms with van der Waals surface area (Å²) in [5.74, 6) is 1.63.